The van der Waals surface area contributed by atoms with Crippen molar-refractivity contribution in [1.29, 1.82) is 0 Å². The molecule has 0 spiro atoms. The van der Waals surface area contributed by atoms with Crippen molar-refractivity contribution in [2.24, 2.45) is 0 Å². The number of methoxy groups -OCH3 is 1. The van der Waals surface area contributed by atoms with Gasteiger partial charge in [0.25, 0.3) is 5.91 Å². The summed E-state index contributed by atoms with van der Waals surface area (Å²) in [5, 5.41) is 0. The number of carbonyl (C=O) groups excluding carboxylic acids is 1. The molecule has 1 atom stereocenters. The fourth-order valence-corrected chi connectivity index (χ4v) is 3.10. The second-order valence-electron chi connectivity index (χ2n) is 4.26. The third-order valence-corrected chi connectivity index (χ3v) is 5.12. The highest BCUT2D eigenvalue weighted by molar-refractivity contribution is 7.89. The molecule has 0 aromatic rings. The van der Waals surface area contributed by atoms with Crippen molar-refractivity contribution in [2.75, 3.05) is 39.0 Å². The third kappa shape index (κ3) is 3.43. The molecule has 0 N–H and O–H groups in total. The highest BCUT2D eigenvalue weighted by Crippen LogP contribution is 2.11. The van der Waals surface area contributed by atoms with Crippen LogP contribution >= 0.6 is 0 Å². The van der Waals surface area contributed by atoms with Gasteiger partial charge in [0.05, 0.1) is 5.75 Å². The van der Waals surface area contributed by atoms with E-state index in [-0.39, 0.29) is 11.7 Å². The molecule has 7 heteroatoms. The van der Waals surface area contributed by atoms with E-state index < -0.39 is 16.1 Å². The number of hydrogen-bond donors (Lipinski definition) is 0. The van der Waals surface area contributed by atoms with Crippen LogP contribution in [-0.2, 0) is 19.6 Å². The third-order valence-electron chi connectivity index (χ3n) is 3.24. The number of carbonyl (C=O) groups is 1. The van der Waals surface area contributed by atoms with Crippen LogP contribution in [0.4, 0.5) is 0 Å². The fraction of sp³-hybridized carbons (Fsp3) is 0.909. The van der Waals surface area contributed by atoms with Gasteiger partial charge in [-0.2, -0.15) is 4.31 Å². The van der Waals surface area contributed by atoms with Gasteiger partial charge < -0.3 is 9.64 Å². The Labute approximate surface area is 109 Å². The van der Waals surface area contributed by atoms with Crippen LogP contribution < -0.4 is 0 Å². The standard InChI is InChI=1S/C11H22N2O4S/c1-4-10(17-3)11(14)12-6-8-13(9-7-12)18(15,16)5-2/h10H,4-9H2,1-3H3. The lowest BCUT2D eigenvalue weighted by molar-refractivity contribution is -0.143. The van der Waals surface area contributed by atoms with Crippen molar-refractivity contribution in [1.82, 2.24) is 9.21 Å². The summed E-state index contributed by atoms with van der Waals surface area (Å²) in [6.07, 6.45) is 0.210. The van der Waals surface area contributed by atoms with E-state index in [1.807, 2.05) is 6.92 Å². The van der Waals surface area contributed by atoms with Crippen molar-refractivity contribution in [3.63, 3.8) is 0 Å². The van der Waals surface area contributed by atoms with E-state index in [4.69, 9.17) is 4.74 Å². The monoisotopic (exact) mass is 278 g/mol. The molecule has 18 heavy (non-hydrogen) atoms. The van der Waals surface area contributed by atoms with Gasteiger partial charge in [0, 0.05) is 33.3 Å². The van der Waals surface area contributed by atoms with E-state index in [2.05, 4.69) is 0 Å². The Morgan fingerprint density at radius 1 is 1.22 bits per heavy atom. The van der Waals surface area contributed by atoms with Gasteiger partial charge in [0.15, 0.2) is 0 Å². The summed E-state index contributed by atoms with van der Waals surface area (Å²) < 4.78 is 29.9. The quantitative estimate of drug-likeness (QED) is 0.704. The maximum Gasteiger partial charge on any atom is 0.251 e. The van der Waals surface area contributed by atoms with Crippen LogP contribution in [0.1, 0.15) is 20.3 Å². The number of nitrogens with zero attached hydrogens (tertiary/aromatic N) is 2. The molecule has 1 rings (SSSR count). The summed E-state index contributed by atoms with van der Waals surface area (Å²) in [4.78, 5) is 13.7. The van der Waals surface area contributed by atoms with Crippen molar-refractivity contribution < 1.29 is 17.9 Å². The van der Waals surface area contributed by atoms with Gasteiger partial charge in [-0.3, -0.25) is 4.79 Å². The number of rotatable bonds is 5. The van der Waals surface area contributed by atoms with Gasteiger partial charge in [-0.25, -0.2) is 8.42 Å². The molecule has 1 aliphatic heterocycles. The van der Waals surface area contributed by atoms with Crippen LogP contribution in [0.2, 0.25) is 0 Å². The molecule has 1 amide bonds. The Kier molecular flexibility index (Phi) is 5.55. The van der Waals surface area contributed by atoms with Crippen LogP contribution in [0.5, 0.6) is 0 Å². The van der Waals surface area contributed by atoms with Crippen LogP contribution in [-0.4, -0.2) is 68.7 Å². The summed E-state index contributed by atoms with van der Waals surface area (Å²) in [6, 6.07) is 0. The zero-order valence-corrected chi connectivity index (χ0v) is 12.1. The summed E-state index contributed by atoms with van der Waals surface area (Å²) in [5.41, 5.74) is 0. The van der Waals surface area contributed by atoms with Gasteiger partial charge >= 0.3 is 0 Å². The number of sulfonamides is 1. The number of amides is 1. The zero-order chi connectivity index (χ0) is 13.8. The molecule has 1 saturated heterocycles. The minimum atomic E-state index is -3.14. The number of hydrogen-bond acceptors (Lipinski definition) is 4. The smallest absolute Gasteiger partial charge is 0.251 e. The number of ether oxygens (including phenoxy) is 1. The summed E-state index contributed by atoms with van der Waals surface area (Å²) in [6.45, 7) is 5.16. The first-order chi connectivity index (χ1) is 8.46. The molecule has 0 bridgehead atoms. The predicted octanol–water partition coefficient (Wildman–Crippen LogP) is -0.0947. The normalized spacial score (nSPS) is 19.8. The van der Waals surface area contributed by atoms with Crippen molar-refractivity contribution in [2.45, 2.75) is 26.4 Å². The van der Waals surface area contributed by atoms with E-state index in [0.29, 0.717) is 32.6 Å². The summed E-state index contributed by atoms with van der Waals surface area (Å²) in [5.74, 6) is 0.0601. The Hall–Kier alpha value is -0.660. The lowest BCUT2D eigenvalue weighted by atomic mass is 10.2. The van der Waals surface area contributed by atoms with Crippen molar-refractivity contribution in [3.8, 4) is 0 Å². The molecule has 1 fully saturated rings. The molecule has 106 valence electrons. The predicted molar refractivity (Wildman–Crippen MR) is 68.7 cm³/mol. The van der Waals surface area contributed by atoms with Gasteiger partial charge in [-0.15, -0.1) is 0 Å². The van der Waals surface area contributed by atoms with Crippen LogP contribution in [0, 0.1) is 0 Å². The Morgan fingerprint density at radius 3 is 2.17 bits per heavy atom. The Bertz CT molecular complexity index is 371. The van der Waals surface area contributed by atoms with E-state index in [0.717, 1.165) is 0 Å². The Balaban J connectivity index is 2.57. The molecule has 1 unspecified atom stereocenters. The van der Waals surface area contributed by atoms with Crippen LogP contribution in [0.25, 0.3) is 0 Å². The first kappa shape index (κ1) is 15.4. The molecule has 0 aromatic heterocycles. The summed E-state index contributed by atoms with van der Waals surface area (Å²) >= 11 is 0. The van der Waals surface area contributed by atoms with Gasteiger partial charge in [-0.1, -0.05) is 6.92 Å². The highest BCUT2D eigenvalue weighted by Gasteiger charge is 2.30. The summed E-state index contributed by atoms with van der Waals surface area (Å²) in [7, 11) is -1.62. The van der Waals surface area contributed by atoms with E-state index in [1.165, 1.54) is 11.4 Å². The second-order valence-corrected chi connectivity index (χ2v) is 6.52. The Morgan fingerprint density at radius 2 is 1.78 bits per heavy atom. The van der Waals surface area contributed by atoms with Gasteiger partial charge in [0.1, 0.15) is 6.10 Å². The second kappa shape index (κ2) is 6.49. The zero-order valence-electron chi connectivity index (χ0n) is 11.3. The molecule has 6 nitrogen and oxygen atoms in total. The lowest BCUT2D eigenvalue weighted by Crippen LogP contribution is -2.53. The van der Waals surface area contributed by atoms with E-state index in [9.17, 15) is 13.2 Å². The lowest BCUT2D eigenvalue weighted by Gasteiger charge is -2.35. The largest absolute Gasteiger partial charge is 0.372 e. The molecular weight excluding hydrogens is 256 g/mol. The van der Waals surface area contributed by atoms with Gasteiger partial charge in [0.2, 0.25) is 10.0 Å². The molecule has 0 saturated carbocycles. The van der Waals surface area contributed by atoms with Crippen LogP contribution in [0.3, 0.4) is 0 Å². The average Bonchev–Trinajstić information content (AvgIpc) is 2.40. The van der Waals surface area contributed by atoms with Gasteiger partial charge in [-0.05, 0) is 13.3 Å². The maximum atomic E-state index is 12.0. The van der Waals surface area contributed by atoms with Crippen molar-refractivity contribution >= 4 is 15.9 Å². The number of piperazine rings is 1. The average molecular weight is 278 g/mol. The highest BCUT2D eigenvalue weighted by atomic mass is 32.2. The molecule has 0 aliphatic carbocycles. The van der Waals surface area contributed by atoms with E-state index in [1.54, 1.807) is 11.8 Å². The SMILES string of the molecule is CCC(OC)C(=O)N1CCN(S(=O)(=O)CC)CC1. The topological polar surface area (TPSA) is 66.9 Å². The minimum Gasteiger partial charge on any atom is -0.372 e. The molecule has 1 aliphatic rings. The van der Waals surface area contributed by atoms with Crippen molar-refractivity contribution in [3.05, 3.63) is 0 Å². The molecule has 1 heterocycles. The minimum absolute atomic E-state index is 0.0476. The maximum absolute atomic E-state index is 12.0. The molecule has 0 aromatic carbocycles. The van der Waals surface area contributed by atoms with Crippen LogP contribution in [0.15, 0.2) is 0 Å². The fourth-order valence-electron chi connectivity index (χ4n) is 2.01. The first-order valence-corrected chi connectivity index (χ1v) is 7.86. The molecular formula is C11H22N2O4S. The molecule has 0 radical (unpaired) electrons. The van der Waals surface area contributed by atoms with E-state index >= 15 is 0 Å². The first-order valence-electron chi connectivity index (χ1n) is 6.25.